The van der Waals surface area contributed by atoms with Gasteiger partial charge in [0.15, 0.2) is 15.7 Å². The number of sulfone groups is 1. The number of nitrogens with one attached hydrogen (secondary N) is 2. The molecule has 2 fully saturated rings. The van der Waals surface area contributed by atoms with Crippen LogP contribution >= 0.6 is 11.6 Å². The van der Waals surface area contributed by atoms with Gasteiger partial charge in [-0.15, -0.1) is 0 Å². The highest BCUT2D eigenvalue weighted by Gasteiger charge is 2.49. The van der Waals surface area contributed by atoms with Crippen LogP contribution in [0.3, 0.4) is 0 Å². The molecular weight excluding hydrogens is 912 g/mol. The van der Waals surface area contributed by atoms with E-state index >= 15 is 8.78 Å². The van der Waals surface area contributed by atoms with Crippen molar-refractivity contribution in [2.75, 3.05) is 24.2 Å². The Kier molecular flexibility index (Phi) is 11.4. The number of ether oxygens (including phenoxy) is 1. The Morgan fingerprint density at radius 1 is 1.02 bits per heavy atom. The van der Waals surface area contributed by atoms with E-state index in [0.29, 0.717) is 36.1 Å². The number of hydrogen-bond acceptors (Lipinski definition) is 9. The maximum atomic E-state index is 15.2. The molecule has 3 aromatic heterocycles. The average Bonchev–Trinajstić information content (AvgIpc) is 3.77. The largest absolute Gasteiger partial charge is 0.377 e. The van der Waals surface area contributed by atoms with Gasteiger partial charge in [0, 0.05) is 36.1 Å². The molecular formula is C42H40ClF6N7O6S2. The van der Waals surface area contributed by atoms with Crippen molar-refractivity contribution in [2.45, 2.75) is 93.3 Å². The van der Waals surface area contributed by atoms with Gasteiger partial charge in [-0.1, -0.05) is 23.6 Å². The summed E-state index contributed by atoms with van der Waals surface area (Å²) in [5.41, 5.74) is -1.34. The predicted octanol–water partition coefficient (Wildman–Crippen LogP) is 7.13. The Morgan fingerprint density at radius 2 is 1.69 bits per heavy atom. The van der Waals surface area contributed by atoms with Crippen molar-refractivity contribution >= 4 is 54.1 Å². The zero-order valence-electron chi connectivity index (χ0n) is 34.6. The third-order valence-electron chi connectivity index (χ3n) is 11.3. The van der Waals surface area contributed by atoms with Gasteiger partial charge in [0.05, 0.1) is 58.4 Å². The summed E-state index contributed by atoms with van der Waals surface area (Å²) in [7, 11) is -7.61. The van der Waals surface area contributed by atoms with Crippen molar-refractivity contribution in [1.29, 1.82) is 0 Å². The molecule has 2 aromatic carbocycles. The first-order valence-corrected chi connectivity index (χ1v) is 23.8. The average molecular weight is 952 g/mol. The summed E-state index contributed by atoms with van der Waals surface area (Å²) in [4.78, 5) is 19.0. The number of rotatable bonds is 13. The lowest BCUT2D eigenvalue weighted by atomic mass is 9.93. The van der Waals surface area contributed by atoms with Crippen LogP contribution in [0.15, 0.2) is 42.5 Å². The van der Waals surface area contributed by atoms with Gasteiger partial charge in [0.2, 0.25) is 15.9 Å². The Balaban J connectivity index is 1.32. The second-order valence-electron chi connectivity index (χ2n) is 16.8. The molecule has 2 aliphatic carbocycles. The summed E-state index contributed by atoms with van der Waals surface area (Å²) in [6.07, 6.45) is 0.327. The molecule has 1 atom stereocenters. The molecule has 1 aliphatic heterocycles. The molecule has 0 radical (unpaired) electrons. The monoisotopic (exact) mass is 951 g/mol. The van der Waals surface area contributed by atoms with Crippen LogP contribution in [0.4, 0.5) is 32.2 Å². The van der Waals surface area contributed by atoms with Crippen LogP contribution in [0.1, 0.15) is 86.0 Å². The smallest absolute Gasteiger partial charge is 0.290 e. The zero-order valence-corrected chi connectivity index (χ0v) is 37.0. The Morgan fingerprint density at radius 3 is 2.30 bits per heavy atom. The molecule has 2 N–H and O–H groups in total. The fourth-order valence-corrected chi connectivity index (χ4v) is 10.5. The number of anilines is 1. The van der Waals surface area contributed by atoms with Gasteiger partial charge in [0.1, 0.15) is 40.0 Å². The van der Waals surface area contributed by atoms with Gasteiger partial charge >= 0.3 is 0 Å². The number of fused-ring (bicyclic) bond motifs is 2. The van der Waals surface area contributed by atoms with E-state index in [-0.39, 0.29) is 63.0 Å². The highest BCUT2D eigenvalue weighted by atomic mass is 35.5. The number of pyridine rings is 1. The molecule has 5 aromatic rings. The first kappa shape index (κ1) is 45.4. The van der Waals surface area contributed by atoms with Gasteiger partial charge in [0.25, 0.3) is 11.8 Å². The molecule has 0 unspecified atom stereocenters. The molecule has 1 saturated heterocycles. The van der Waals surface area contributed by atoms with Crippen LogP contribution in [0.25, 0.3) is 22.0 Å². The molecule has 0 bridgehead atoms. The summed E-state index contributed by atoms with van der Waals surface area (Å²) in [6.45, 7) is 2.81. The van der Waals surface area contributed by atoms with Gasteiger partial charge < -0.3 is 10.1 Å². The van der Waals surface area contributed by atoms with E-state index in [9.17, 15) is 39.2 Å². The maximum Gasteiger partial charge on any atom is 0.290 e. The molecule has 1 amide bonds. The number of carbonyl (C=O) groups is 1. The molecule has 3 aliphatic rings. The lowest BCUT2D eigenvalue weighted by Gasteiger charge is -2.28. The van der Waals surface area contributed by atoms with Gasteiger partial charge in [-0.2, -0.15) is 27.8 Å². The van der Waals surface area contributed by atoms with Crippen molar-refractivity contribution in [1.82, 2.24) is 29.9 Å². The lowest BCUT2D eigenvalue weighted by molar-refractivity contribution is -0.122. The molecule has 0 spiro atoms. The number of sulfonamides is 1. The van der Waals surface area contributed by atoms with Crippen LogP contribution in [0.2, 0.25) is 5.02 Å². The highest BCUT2D eigenvalue weighted by Crippen LogP contribution is 2.46. The van der Waals surface area contributed by atoms with Crippen molar-refractivity contribution in [3.63, 3.8) is 0 Å². The van der Waals surface area contributed by atoms with Crippen molar-refractivity contribution in [2.24, 2.45) is 0 Å². The number of halogens is 7. The van der Waals surface area contributed by atoms with E-state index in [2.05, 4.69) is 32.1 Å². The summed E-state index contributed by atoms with van der Waals surface area (Å²) in [5, 5.41) is 10.7. The topological polar surface area (TPSA) is 167 Å². The summed E-state index contributed by atoms with van der Waals surface area (Å²) >= 11 is 6.74. The first-order chi connectivity index (χ1) is 29.8. The Labute approximate surface area is 368 Å². The summed E-state index contributed by atoms with van der Waals surface area (Å²) in [5.74, 6) is -4.66. The first-order valence-electron chi connectivity index (χ1n) is 20.0. The molecule has 8 rings (SSSR count). The number of nitrogens with zero attached hydrogens (tertiary/aromatic N) is 5. The molecule has 340 valence electrons. The van der Waals surface area contributed by atoms with Gasteiger partial charge in [-0.05, 0) is 81.3 Å². The predicted molar refractivity (Wildman–Crippen MR) is 224 cm³/mol. The van der Waals surface area contributed by atoms with E-state index in [0.717, 1.165) is 18.4 Å². The Hall–Kier alpha value is -5.17. The highest BCUT2D eigenvalue weighted by molar-refractivity contribution is 7.93. The molecule has 1 saturated carbocycles. The lowest BCUT2D eigenvalue weighted by Crippen LogP contribution is -2.35. The van der Waals surface area contributed by atoms with Crippen LogP contribution in [0.5, 0.6) is 0 Å². The van der Waals surface area contributed by atoms with Crippen LogP contribution in [-0.2, 0) is 60.6 Å². The van der Waals surface area contributed by atoms with Gasteiger partial charge in [-0.25, -0.2) is 30.6 Å². The quantitative estimate of drug-likeness (QED) is 0.0923. The number of aromatic nitrogens is 5. The van der Waals surface area contributed by atoms with Crippen LogP contribution in [0, 0.1) is 23.5 Å². The van der Waals surface area contributed by atoms with Gasteiger partial charge in [-0.3, -0.25) is 18.9 Å². The number of carbonyl (C=O) groups excluding carboxylic acids is 1. The van der Waals surface area contributed by atoms with Crippen LogP contribution < -0.4 is 10.0 Å². The van der Waals surface area contributed by atoms with E-state index in [4.69, 9.17) is 21.3 Å². The molecule has 22 heteroatoms. The minimum absolute atomic E-state index is 0.000623. The number of benzene rings is 2. The summed E-state index contributed by atoms with van der Waals surface area (Å²) < 4.78 is 149. The number of amides is 1. The minimum atomic E-state index is -3.91. The molecule has 13 nitrogen and oxygen atoms in total. The second-order valence-corrected chi connectivity index (χ2v) is 21.8. The Bertz CT molecular complexity index is 3000. The fraction of sp³-hybridized carbons (Fsp3) is 0.429. The third-order valence-corrected chi connectivity index (χ3v) is 15.0. The standard InChI is InChI=1S/C42H40ClF6N7O6S2/c1-40(2,64(60,61)27-6-7-27)13-11-25-5-8-28(29-9-10-31(43)34-36(29)56(26-20-62-21-26)53-39(34)54-63(4,58)59)35(50-25)32(17-22-15-23(44)18-24(45)16-22)51-33(57)19-55-38-30(12-14-42(38,48)49)37(52-55)41(3,46)47/h5,8-10,15-16,18,26-27,32H,6-7,12,14,17,19-21H2,1-4H3,(H,51,57)(H,53,54)/t32-/m0/s1. The van der Waals surface area contributed by atoms with E-state index in [1.54, 1.807) is 6.07 Å². The molecule has 4 heterocycles. The zero-order chi connectivity index (χ0) is 46.3. The third kappa shape index (κ3) is 8.81. The number of alkyl halides is 4. The maximum absolute atomic E-state index is 15.2. The number of hydrogen-bond donors (Lipinski definition) is 2. The fourth-order valence-electron chi connectivity index (χ4n) is 8.02. The van der Waals surface area contributed by atoms with E-state index < -0.39 is 109 Å². The van der Waals surface area contributed by atoms with Crippen LogP contribution in [-0.4, -0.2) is 76.8 Å². The normalized spacial score (nSPS) is 17.1. The second kappa shape index (κ2) is 16.1. The minimum Gasteiger partial charge on any atom is -0.377 e. The SMILES string of the molecule is CC(F)(F)c1nn(CC(=O)N[C@@H](Cc2cc(F)cc(F)c2)c2nc(C#CC(C)(C)S(=O)(=O)C3CC3)ccc2-c2ccc(Cl)c3c(NS(C)(=O)=O)nn(C4COC4)c23)c2c1CCC2(F)F. The molecule has 64 heavy (non-hydrogen) atoms. The van der Waals surface area contributed by atoms with Crippen molar-refractivity contribution in [3.8, 4) is 23.0 Å². The summed E-state index contributed by atoms with van der Waals surface area (Å²) in [6, 6.07) is 6.87. The van der Waals surface area contributed by atoms with Crippen molar-refractivity contribution in [3.05, 3.63) is 93.0 Å². The van der Waals surface area contributed by atoms with E-state index in [1.807, 2.05) is 0 Å². The van der Waals surface area contributed by atoms with Crippen molar-refractivity contribution < 1.29 is 52.7 Å². The van der Waals surface area contributed by atoms with E-state index in [1.165, 1.54) is 36.7 Å².